The van der Waals surface area contributed by atoms with E-state index in [1.807, 2.05) is 0 Å². The quantitative estimate of drug-likeness (QED) is 0.525. The molecule has 1 aromatic rings. The van der Waals surface area contributed by atoms with Crippen LogP contribution < -0.4 is 4.74 Å². The number of unbranched alkanes of at least 4 members (excludes halogenated alkanes) is 2. The van der Waals surface area contributed by atoms with Crippen molar-refractivity contribution in [2.45, 2.75) is 25.9 Å². The van der Waals surface area contributed by atoms with Crippen molar-refractivity contribution in [2.24, 2.45) is 0 Å². The number of ether oxygens (including phenoxy) is 1. The Balaban J connectivity index is 2.49. The molecule has 6 heteroatoms. The van der Waals surface area contributed by atoms with E-state index < -0.39 is 6.61 Å². The zero-order valence-electron chi connectivity index (χ0n) is 11.3. The molecule has 0 saturated carbocycles. The highest BCUT2D eigenvalue weighted by Crippen LogP contribution is 2.16. The van der Waals surface area contributed by atoms with Crippen LogP contribution in [0.5, 0.6) is 5.75 Å². The molecule has 0 saturated heterocycles. The Kier molecular flexibility index (Phi) is 7.51. The Morgan fingerprint density at radius 1 is 1.25 bits per heavy atom. The maximum Gasteiger partial charge on any atom is 0.387 e. The lowest BCUT2D eigenvalue weighted by atomic mass is 10.2. The molecular weight excluding hydrogens is 332 g/mol. The number of amides is 1. The number of hydrogen-bond acceptors (Lipinski definition) is 2. The van der Waals surface area contributed by atoms with Crippen molar-refractivity contribution >= 4 is 21.8 Å². The van der Waals surface area contributed by atoms with Crippen LogP contribution in [-0.2, 0) is 0 Å². The first-order chi connectivity index (χ1) is 9.54. The zero-order chi connectivity index (χ0) is 15.0. The van der Waals surface area contributed by atoms with Crippen LogP contribution in [0.1, 0.15) is 29.6 Å². The Morgan fingerprint density at radius 3 is 2.45 bits per heavy atom. The van der Waals surface area contributed by atoms with Gasteiger partial charge in [0.25, 0.3) is 5.91 Å². The van der Waals surface area contributed by atoms with Gasteiger partial charge in [-0.2, -0.15) is 8.78 Å². The highest BCUT2D eigenvalue weighted by atomic mass is 79.9. The molecule has 20 heavy (non-hydrogen) atoms. The standard InChI is InChI=1S/C14H18BrF2NO2/c1-18(10-4-2-3-9-15)13(19)11-5-7-12(8-6-11)20-14(16)17/h5-8,14H,2-4,9-10H2,1H3. The van der Waals surface area contributed by atoms with Gasteiger partial charge in [-0.05, 0) is 37.1 Å². The minimum absolute atomic E-state index is 0.0523. The zero-order valence-corrected chi connectivity index (χ0v) is 12.9. The number of halogens is 3. The van der Waals surface area contributed by atoms with Crippen LogP contribution in [0, 0.1) is 0 Å². The van der Waals surface area contributed by atoms with Crippen LogP contribution in [0.4, 0.5) is 8.78 Å². The third-order valence-electron chi connectivity index (χ3n) is 2.80. The van der Waals surface area contributed by atoms with E-state index in [4.69, 9.17) is 0 Å². The van der Waals surface area contributed by atoms with E-state index >= 15 is 0 Å². The number of benzene rings is 1. The predicted molar refractivity (Wildman–Crippen MR) is 77.7 cm³/mol. The minimum Gasteiger partial charge on any atom is -0.435 e. The molecule has 0 fully saturated rings. The number of rotatable bonds is 8. The summed E-state index contributed by atoms with van der Waals surface area (Å²) in [4.78, 5) is 13.7. The fourth-order valence-corrected chi connectivity index (χ4v) is 2.12. The van der Waals surface area contributed by atoms with E-state index in [1.165, 1.54) is 24.3 Å². The third-order valence-corrected chi connectivity index (χ3v) is 3.36. The van der Waals surface area contributed by atoms with E-state index in [-0.39, 0.29) is 11.7 Å². The van der Waals surface area contributed by atoms with Crippen molar-refractivity contribution < 1.29 is 18.3 Å². The smallest absolute Gasteiger partial charge is 0.387 e. The van der Waals surface area contributed by atoms with Crippen LogP contribution in [0.25, 0.3) is 0 Å². The van der Waals surface area contributed by atoms with Gasteiger partial charge in [0.15, 0.2) is 0 Å². The summed E-state index contributed by atoms with van der Waals surface area (Å²) >= 11 is 3.36. The lowest BCUT2D eigenvalue weighted by molar-refractivity contribution is -0.0498. The van der Waals surface area contributed by atoms with Gasteiger partial charge in [-0.15, -0.1) is 0 Å². The van der Waals surface area contributed by atoms with E-state index in [0.717, 1.165) is 24.6 Å². The number of carbonyl (C=O) groups excluding carboxylic acids is 1. The largest absolute Gasteiger partial charge is 0.435 e. The van der Waals surface area contributed by atoms with E-state index in [1.54, 1.807) is 11.9 Å². The summed E-state index contributed by atoms with van der Waals surface area (Å²) in [6.45, 7) is -2.17. The normalized spacial score (nSPS) is 10.7. The summed E-state index contributed by atoms with van der Waals surface area (Å²) in [5.41, 5.74) is 0.467. The van der Waals surface area contributed by atoms with Crippen LogP contribution in [-0.4, -0.2) is 36.3 Å². The summed E-state index contributed by atoms with van der Waals surface area (Å²) < 4.78 is 28.3. The maximum absolute atomic E-state index is 12.1. The SMILES string of the molecule is CN(CCCCCBr)C(=O)c1ccc(OC(F)F)cc1. The van der Waals surface area contributed by atoms with Gasteiger partial charge < -0.3 is 9.64 Å². The highest BCUT2D eigenvalue weighted by molar-refractivity contribution is 9.09. The molecule has 0 heterocycles. The molecule has 0 bridgehead atoms. The molecule has 1 aromatic carbocycles. The van der Waals surface area contributed by atoms with Gasteiger partial charge in [0.2, 0.25) is 0 Å². The van der Waals surface area contributed by atoms with Gasteiger partial charge in [0.05, 0.1) is 0 Å². The van der Waals surface area contributed by atoms with Crippen molar-refractivity contribution in [3.05, 3.63) is 29.8 Å². The van der Waals surface area contributed by atoms with Gasteiger partial charge in [0, 0.05) is 24.5 Å². The van der Waals surface area contributed by atoms with Crippen LogP contribution in [0.15, 0.2) is 24.3 Å². The predicted octanol–water partition coefficient (Wildman–Crippen LogP) is 3.93. The fourth-order valence-electron chi connectivity index (χ4n) is 1.72. The lowest BCUT2D eigenvalue weighted by Crippen LogP contribution is -2.27. The Morgan fingerprint density at radius 2 is 1.90 bits per heavy atom. The summed E-state index contributed by atoms with van der Waals surface area (Å²) in [6.07, 6.45) is 3.09. The average Bonchev–Trinajstić information content (AvgIpc) is 2.43. The summed E-state index contributed by atoms with van der Waals surface area (Å²) in [6, 6.07) is 5.74. The van der Waals surface area contributed by atoms with Gasteiger partial charge in [-0.25, -0.2) is 0 Å². The van der Waals surface area contributed by atoms with E-state index in [9.17, 15) is 13.6 Å². The molecule has 0 radical (unpaired) electrons. The number of hydrogen-bond donors (Lipinski definition) is 0. The molecule has 0 spiro atoms. The summed E-state index contributed by atoms with van der Waals surface area (Å²) in [7, 11) is 1.74. The van der Waals surface area contributed by atoms with E-state index in [2.05, 4.69) is 20.7 Å². The lowest BCUT2D eigenvalue weighted by Gasteiger charge is -2.17. The molecule has 0 unspecified atom stereocenters. The Bertz CT molecular complexity index is 412. The van der Waals surface area contributed by atoms with Crippen LogP contribution in [0.3, 0.4) is 0 Å². The van der Waals surface area contributed by atoms with Gasteiger partial charge in [-0.3, -0.25) is 4.79 Å². The van der Waals surface area contributed by atoms with Gasteiger partial charge >= 0.3 is 6.61 Å². The minimum atomic E-state index is -2.85. The molecule has 0 atom stereocenters. The van der Waals surface area contributed by atoms with Gasteiger partial charge in [-0.1, -0.05) is 22.4 Å². The first-order valence-electron chi connectivity index (χ1n) is 6.41. The molecule has 1 rings (SSSR count). The second-order valence-corrected chi connectivity index (χ2v) is 5.17. The first-order valence-corrected chi connectivity index (χ1v) is 7.53. The third kappa shape index (κ3) is 5.86. The second-order valence-electron chi connectivity index (χ2n) is 4.38. The summed E-state index contributed by atoms with van der Waals surface area (Å²) in [5.74, 6) is -0.0658. The monoisotopic (exact) mass is 349 g/mol. The molecule has 0 aliphatic heterocycles. The van der Waals surface area contributed by atoms with Crippen molar-refractivity contribution in [2.75, 3.05) is 18.9 Å². The van der Waals surface area contributed by atoms with Crippen LogP contribution in [0.2, 0.25) is 0 Å². The number of nitrogens with zero attached hydrogens (tertiary/aromatic N) is 1. The number of carbonyl (C=O) groups is 1. The maximum atomic E-state index is 12.1. The van der Waals surface area contributed by atoms with Crippen LogP contribution >= 0.6 is 15.9 Å². The molecule has 1 amide bonds. The molecular formula is C14H18BrF2NO2. The number of alkyl halides is 3. The van der Waals surface area contributed by atoms with Crippen molar-refractivity contribution in [3.63, 3.8) is 0 Å². The fraction of sp³-hybridized carbons (Fsp3) is 0.500. The van der Waals surface area contributed by atoms with E-state index in [0.29, 0.717) is 12.1 Å². The van der Waals surface area contributed by atoms with Gasteiger partial charge in [0.1, 0.15) is 5.75 Å². The highest BCUT2D eigenvalue weighted by Gasteiger charge is 2.12. The molecule has 0 aromatic heterocycles. The van der Waals surface area contributed by atoms with Crippen molar-refractivity contribution in [3.8, 4) is 5.75 Å². The topological polar surface area (TPSA) is 29.5 Å². The summed E-state index contributed by atoms with van der Waals surface area (Å²) in [5, 5.41) is 0.969. The Labute approximate surface area is 126 Å². The molecule has 112 valence electrons. The Hall–Kier alpha value is -1.17. The molecule has 0 aliphatic carbocycles. The molecule has 0 N–H and O–H groups in total. The van der Waals surface area contributed by atoms with Crippen molar-refractivity contribution in [1.82, 2.24) is 4.90 Å². The van der Waals surface area contributed by atoms with Crippen molar-refractivity contribution in [1.29, 1.82) is 0 Å². The molecule has 0 aliphatic rings. The molecule has 3 nitrogen and oxygen atoms in total. The first kappa shape index (κ1) is 16.9. The second kappa shape index (κ2) is 8.89. The average molecular weight is 350 g/mol.